The maximum atomic E-state index is 12.9. The predicted molar refractivity (Wildman–Crippen MR) is 107 cm³/mol. The van der Waals surface area contributed by atoms with Crippen LogP contribution in [0.15, 0.2) is 12.1 Å². The van der Waals surface area contributed by atoms with Crippen LogP contribution in [-0.4, -0.2) is 43.5 Å². The second kappa shape index (κ2) is 7.95. The lowest BCUT2D eigenvalue weighted by atomic mass is 10.2. The Morgan fingerprint density at radius 1 is 1.00 bits per heavy atom. The molecule has 4 rings (SSSR count). The van der Waals surface area contributed by atoms with Crippen LogP contribution < -0.4 is 19.1 Å². The molecule has 2 aliphatic rings. The molecule has 7 nitrogen and oxygen atoms in total. The Labute approximate surface area is 168 Å². The number of aromatic nitrogens is 2. The van der Waals surface area contributed by atoms with Gasteiger partial charge in [0, 0.05) is 17.5 Å². The van der Waals surface area contributed by atoms with Crippen LogP contribution in [0.5, 0.6) is 17.2 Å². The van der Waals surface area contributed by atoms with Crippen molar-refractivity contribution in [3.05, 3.63) is 12.1 Å². The van der Waals surface area contributed by atoms with Crippen molar-refractivity contribution in [2.45, 2.75) is 44.6 Å². The lowest BCUT2D eigenvalue weighted by Gasteiger charge is -2.26. The molecule has 0 N–H and O–H groups in total. The summed E-state index contributed by atoms with van der Waals surface area (Å²) in [6, 6.07) is 3.96. The molecule has 0 spiro atoms. The quantitative estimate of drug-likeness (QED) is 0.698. The lowest BCUT2D eigenvalue weighted by Crippen LogP contribution is -2.40. The molecule has 0 aliphatic heterocycles. The van der Waals surface area contributed by atoms with E-state index in [4.69, 9.17) is 14.2 Å². The Morgan fingerprint density at radius 2 is 1.64 bits per heavy atom. The maximum Gasteiger partial charge on any atom is 0.232 e. The Kier molecular flexibility index (Phi) is 5.39. The molecule has 2 fully saturated rings. The molecule has 0 atom stereocenters. The maximum absolute atomic E-state index is 12.9. The number of carbonyl (C=O) groups is 1. The molecule has 0 saturated heterocycles. The summed E-state index contributed by atoms with van der Waals surface area (Å²) in [5.74, 6) is 2.04. The van der Waals surface area contributed by atoms with E-state index in [0.29, 0.717) is 22.4 Å². The molecule has 0 radical (unpaired) electrons. The van der Waals surface area contributed by atoms with E-state index in [1.165, 1.54) is 11.3 Å². The summed E-state index contributed by atoms with van der Waals surface area (Å²) in [6.45, 7) is 0. The van der Waals surface area contributed by atoms with Crippen LogP contribution >= 0.6 is 11.3 Å². The van der Waals surface area contributed by atoms with E-state index in [9.17, 15) is 4.79 Å². The van der Waals surface area contributed by atoms with Gasteiger partial charge < -0.3 is 14.2 Å². The third kappa shape index (κ3) is 3.53. The van der Waals surface area contributed by atoms with Crippen LogP contribution in [0.2, 0.25) is 0 Å². The monoisotopic (exact) mass is 403 g/mol. The van der Waals surface area contributed by atoms with Crippen LogP contribution in [0.1, 0.15) is 38.5 Å². The fraction of sp³-hybridized carbons (Fsp3) is 0.550. The second-order valence-electron chi connectivity index (χ2n) is 7.22. The number of hydrogen-bond acceptors (Lipinski definition) is 7. The van der Waals surface area contributed by atoms with Gasteiger partial charge in [-0.15, -0.1) is 10.2 Å². The molecule has 1 amide bonds. The molecule has 0 unspecified atom stereocenters. The highest BCUT2D eigenvalue weighted by molar-refractivity contribution is 7.18. The molecule has 0 bridgehead atoms. The predicted octanol–water partition coefficient (Wildman–Crippen LogP) is 3.92. The van der Waals surface area contributed by atoms with Gasteiger partial charge in [0.1, 0.15) is 5.01 Å². The molecule has 28 heavy (non-hydrogen) atoms. The van der Waals surface area contributed by atoms with Crippen molar-refractivity contribution in [1.29, 1.82) is 0 Å². The van der Waals surface area contributed by atoms with E-state index >= 15 is 0 Å². The van der Waals surface area contributed by atoms with Crippen LogP contribution in [-0.2, 0) is 4.79 Å². The molecule has 1 aromatic heterocycles. The summed E-state index contributed by atoms with van der Waals surface area (Å²) < 4.78 is 16.3. The average Bonchev–Trinajstić information content (AvgIpc) is 3.23. The van der Waals surface area contributed by atoms with Crippen molar-refractivity contribution in [1.82, 2.24) is 10.2 Å². The largest absolute Gasteiger partial charge is 0.493 e. The molecule has 1 heterocycles. The number of nitrogens with zero attached hydrogens (tertiary/aromatic N) is 3. The van der Waals surface area contributed by atoms with Gasteiger partial charge in [0.15, 0.2) is 11.5 Å². The van der Waals surface area contributed by atoms with Gasteiger partial charge in [-0.2, -0.15) is 0 Å². The molecule has 2 saturated carbocycles. The van der Waals surface area contributed by atoms with Crippen molar-refractivity contribution >= 4 is 22.4 Å². The van der Waals surface area contributed by atoms with Gasteiger partial charge in [-0.1, -0.05) is 24.2 Å². The third-order valence-electron chi connectivity index (χ3n) is 5.39. The fourth-order valence-corrected chi connectivity index (χ4v) is 4.66. The molecule has 2 aromatic rings. The van der Waals surface area contributed by atoms with Crippen molar-refractivity contribution in [2.75, 3.05) is 26.2 Å². The van der Waals surface area contributed by atoms with E-state index in [0.717, 1.165) is 49.1 Å². The van der Waals surface area contributed by atoms with Crippen molar-refractivity contribution < 1.29 is 19.0 Å². The van der Waals surface area contributed by atoms with Crippen LogP contribution in [0, 0.1) is 5.92 Å². The highest BCUT2D eigenvalue weighted by atomic mass is 32.1. The van der Waals surface area contributed by atoms with E-state index < -0.39 is 0 Å². The van der Waals surface area contributed by atoms with Crippen molar-refractivity contribution in [3.63, 3.8) is 0 Å². The second-order valence-corrected chi connectivity index (χ2v) is 8.18. The first-order chi connectivity index (χ1) is 13.7. The van der Waals surface area contributed by atoms with Gasteiger partial charge in [0.25, 0.3) is 0 Å². The summed E-state index contributed by atoms with van der Waals surface area (Å²) in [5.41, 5.74) is 0.823. The van der Waals surface area contributed by atoms with Gasteiger partial charge in [-0.05, 0) is 37.8 Å². The minimum atomic E-state index is 0.161. The van der Waals surface area contributed by atoms with E-state index in [1.54, 1.807) is 21.3 Å². The Morgan fingerprint density at radius 3 is 2.18 bits per heavy atom. The highest BCUT2D eigenvalue weighted by Gasteiger charge is 2.39. The molecular formula is C20H25N3O4S. The lowest BCUT2D eigenvalue weighted by molar-refractivity contribution is -0.120. The number of amides is 1. The Balaban J connectivity index is 1.68. The zero-order valence-corrected chi connectivity index (χ0v) is 17.3. The van der Waals surface area contributed by atoms with Crippen LogP contribution in [0.4, 0.5) is 5.13 Å². The van der Waals surface area contributed by atoms with E-state index in [1.807, 2.05) is 17.0 Å². The summed E-state index contributed by atoms with van der Waals surface area (Å²) in [7, 11) is 4.75. The highest BCUT2D eigenvalue weighted by Crippen LogP contribution is 2.43. The minimum absolute atomic E-state index is 0.161. The standard InChI is InChI=1S/C20H25N3O4S/c1-25-15-10-13(11-16(26-2)17(15)27-3)18-21-22-20(28-18)23(14-6-4-5-7-14)19(24)12-8-9-12/h10-12,14H,4-9H2,1-3H3. The van der Waals surface area contributed by atoms with E-state index in [-0.39, 0.29) is 17.9 Å². The number of hydrogen-bond donors (Lipinski definition) is 0. The summed E-state index contributed by atoms with van der Waals surface area (Å²) in [6.07, 6.45) is 6.38. The summed E-state index contributed by atoms with van der Waals surface area (Å²) in [5, 5.41) is 10.2. The number of ether oxygens (including phenoxy) is 3. The Bertz CT molecular complexity index is 834. The zero-order chi connectivity index (χ0) is 19.7. The topological polar surface area (TPSA) is 73.8 Å². The van der Waals surface area contributed by atoms with Gasteiger partial charge in [0.2, 0.25) is 16.8 Å². The number of benzene rings is 1. The molecule has 2 aliphatic carbocycles. The van der Waals surface area contributed by atoms with Gasteiger partial charge in [0.05, 0.1) is 21.3 Å². The van der Waals surface area contributed by atoms with Crippen molar-refractivity contribution in [2.24, 2.45) is 5.92 Å². The first-order valence-electron chi connectivity index (χ1n) is 9.63. The van der Waals surface area contributed by atoms with Crippen LogP contribution in [0.25, 0.3) is 10.6 Å². The number of methoxy groups -OCH3 is 3. The first-order valence-corrected chi connectivity index (χ1v) is 10.4. The molecule has 8 heteroatoms. The van der Waals surface area contributed by atoms with Gasteiger partial charge in [-0.3, -0.25) is 9.69 Å². The number of anilines is 1. The minimum Gasteiger partial charge on any atom is -0.493 e. The van der Waals surface area contributed by atoms with E-state index in [2.05, 4.69) is 10.2 Å². The fourth-order valence-electron chi connectivity index (χ4n) is 3.75. The number of rotatable bonds is 7. The molecule has 150 valence electrons. The normalized spacial score (nSPS) is 16.8. The van der Waals surface area contributed by atoms with Crippen molar-refractivity contribution in [3.8, 4) is 27.8 Å². The number of carbonyl (C=O) groups excluding carboxylic acids is 1. The molecular weight excluding hydrogens is 378 g/mol. The van der Waals surface area contributed by atoms with Crippen LogP contribution in [0.3, 0.4) is 0 Å². The molecule has 1 aromatic carbocycles. The zero-order valence-electron chi connectivity index (χ0n) is 16.4. The summed E-state index contributed by atoms with van der Waals surface area (Å²) >= 11 is 1.44. The van der Waals surface area contributed by atoms with Gasteiger partial charge >= 0.3 is 0 Å². The third-order valence-corrected chi connectivity index (χ3v) is 6.36. The summed E-state index contributed by atoms with van der Waals surface area (Å²) in [4.78, 5) is 14.9. The Hall–Kier alpha value is -2.35. The average molecular weight is 404 g/mol. The van der Waals surface area contributed by atoms with Gasteiger partial charge in [-0.25, -0.2) is 0 Å². The smallest absolute Gasteiger partial charge is 0.232 e. The first kappa shape index (κ1) is 19.0. The SMILES string of the molecule is COc1cc(-c2nnc(N(C(=O)C3CC3)C3CCCC3)s2)cc(OC)c1OC.